The van der Waals surface area contributed by atoms with Gasteiger partial charge in [-0.25, -0.2) is 9.97 Å². The maximum atomic E-state index is 8.65. The molecule has 3 heterocycles. The summed E-state index contributed by atoms with van der Waals surface area (Å²) in [6.45, 7) is 2.00. The molecule has 5 heteroatoms. The van der Waals surface area contributed by atoms with Gasteiger partial charge in [-0.05, 0) is 6.42 Å². The fraction of sp³-hybridized carbons (Fsp3) is 0.500. The van der Waals surface area contributed by atoms with Crippen LogP contribution in [0.15, 0.2) is 12.4 Å². The maximum absolute atomic E-state index is 8.65. The number of anilines is 1. The van der Waals surface area contributed by atoms with Gasteiger partial charge in [0.1, 0.15) is 6.07 Å². The van der Waals surface area contributed by atoms with Gasteiger partial charge in [0.25, 0.3) is 0 Å². The van der Waals surface area contributed by atoms with E-state index in [4.69, 9.17) is 5.26 Å². The molecule has 2 aliphatic rings. The molecule has 1 N–H and O–H groups in total. The lowest BCUT2D eigenvalue weighted by molar-refractivity contribution is 0.572. The molecule has 2 bridgehead atoms. The Morgan fingerprint density at radius 3 is 2.80 bits per heavy atom. The highest BCUT2D eigenvalue weighted by atomic mass is 15.3. The molecular formula is C10H11N5. The van der Waals surface area contributed by atoms with E-state index in [0.29, 0.717) is 17.6 Å². The van der Waals surface area contributed by atoms with Gasteiger partial charge in [-0.3, -0.25) is 0 Å². The van der Waals surface area contributed by atoms with Crippen molar-refractivity contribution in [1.29, 1.82) is 5.26 Å². The van der Waals surface area contributed by atoms with E-state index in [1.807, 2.05) is 6.07 Å². The molecule has 0 unspecified atom stereocenters. The van der Waals surface area contributed by atoms with Crippen LogP contribution in [-0.2, 0) is 0 Å². The number of piperazine rings is 1. The molecule has 0 aliphatic carbocycles. The van der Waals surface area contributed by atoms with E-state index in [2.05, 4.69) is 20.2 Å². The van der Waals surface area contributed by atoms with E-state index in [0.717, 1.165) is 19.0 Å². The third-order valence-electron chi connectivity index (χ3n) is 3.08. The summed E-state index contributed by atoms with van der Waals surface area (Å²) in [6, 6.07) is 3.15. The molecule has 3 rings (SSSR count). The zero-order chi connectivity index (χ0) is 10.3. The Morgan fingerprint density at radius 2 is 2.27 bits per heavy atom. The summed E-state index contributed by atoms with van der Waals surface area (Å²) in [5.41, 5.74) is 0.515. The summed E-state index contributed by atoms with van der Waals surface area (Å²) in [4.78, 5) is 10.7. The van der Waals surface area contributed by atoms with Gasteiger partial charge >= 0.3 is 0 Å². The number of nitrogens with zero attached hydrogens (tertiary/aromatic N) is 4. The molecule has 0 radical (unpaired) electrons. The van der Waals surface area contributed by atoms with Crippen molar-refractivity contribution in [2.24, 2.45) is 0 Å². The summed E-state index contributed by atoms with van der Waals surface area (Å²) in [5, 5.41) is 12.1. The predicted molar refractivity (Wildman–Crippen MR) is 54.3 cm³/mol. The number of nitriles is 1. The Bertz CT molecular complexity index is 407. The lowest BCUT2D eigenvalue weighted by Crippen LogP contribution is -2.44. The molecule has 0 spiro atoms. The number of fused-ring (bicyclic) bond motifs is 2. The van der Waals surface area contributed by atoms with Crippen LogP contribution in [-0.4, -0.2) is 35.1 Å². The number of nitrogens with one attached hydrogen (secondary N) is 1. The van der Waals surface area contributed by atoms with Crippen molar-refractivity contribution in [3.8, 4) is 6.07 Å². The van der Waals surface area contributed by atoms with E-state index in [-0.39, 0.29) is 0 Å². The van der Waals surface area contributed by atoms with E-state index in [1.165, 1.54) is 6.42 Å². The van der Waals surface area contributed by atoms with Gasteiger partial charge in [-0.15, -0.1) is 0 Å². The molecule has 2 saturated heterocycles. The molecule has 15 heavy (non-hydrogen) atoms. The summed E-state index contributed by atoms with van der Waals surface area (Å²) < 4.78 is 0. The molecule has 2 atom stereocenters. The molecule has 0 amide bonds. The van der Waals surface area contributed by atoms with Crippen LogP contribution >= 0.6 is 0 Å². The van der Waals surface area contributed by atoms with Crippen LogP contribution in [0.2, 0.25) is 0 Å². The number of hydrogen-bond acceptors (Lipinski definition) is 5. The van der Waals surface area contributed by atoms with Gasteiger partial charge in [-0.1, -0.05) is 0 Å². The summed E-state index contributed by atoms with van der Waals surface area (Å²) in [7, 11) is 0. The Morgan fingerprint density at radius 1 is 1.47 bits per heavy atom. The highest BCUT2D eigenvalue weighted by molar-refractivity contribution is 5.38. The molecule has 2 fully saturated rings. The van der Waals surface area contributed by atoms with Crippen molar-refractivity contribution in [3.63, 3.8) is 0 Å². The monoisotopic (exact) mass is 201 g/mol. The zero-order valence-corrected chi connectivity index (χ0v) is 8.22. The topological polar surface area (TPSA) is 64.8 Å². The van der Waals surface area contributed by atoms with E-state index in [1.54, 1.807) is 12.4 Å². The second-order valence-electron chi connectivity index (χ2n) is 4.03. The molecule has 0 aromatic carbocycles. The van der Waals surface area contributed by atoms with Crippen LogP contribution in [0, 0.1) is 11.3 Å². The lowest BCUT2D eigenvalue weighted by Gasteiger charge is -2.27. The minimum atomic E-state index is 0.515. The second kappa shape index (κ2) is 3.17. The van der Waals surface area contributed by atoms with Crippen molar-refractivity contribution in [2.45, 2.75) is 18.5 Å². The van der Waals surface area contributed by atoms with Crippen molar-refractivity contribution >= 4 is 5.95 Å². The number of rotatable bonds is 1. The molecule has 2 aliphatic heterocycles. The maximum Gasteiger partial charge on any atom is 0.225 e. The van der Waals surface area contributed by atoms with E-state index in [9.17, 15) is 0 Å². The fourth-order valence-electron chi connectivity index (χ4n) is 2.33. The van der Waals surface area contributed by atoms with E-state index < -0.39 is 0 Å². The van der Waals surface area contributed by atoms with Crippen LogP contribution in [0.3, 0.4) is 0 Å². The smallest absolute Gasteiger partial charge is 0.225 e. The van der Waals surface area contributed by atoms with Crippen LogP contribution in [0.4, 0.5) is 5.95 Å². The third-order valence-corrected chi connectivity index (χ3v) is 3.08. The third kappa shape index (κ3) is 1.34. The first kappa shape index (κ1) is 8.62. The molecule has 5 nitrogen and oxygen atoms in total. The number of hydrogen-bond donors (Lipinski definition) is 1. The summed E-state index contributed by atoms with van der Waals surface area (Å²) in [6.07, 6.45) is 4.35. The van der Waals surface area contributed by atoms with Crippen LogP contribution < -0.4 is 10.2 Å². The minimum absolute atomic E-state index is 0.515. The van der Waals surface area contributed by atoms with Crippen molar-refractivity contribution in [1.82, 2.24) is 15.3 Å². The normalized spacial score (nSPS) is 28.1. The Hall–Kier alpha value is -1.67. The van der Waals surface area contributed by atoms with Crippen molar-refractivity contribution in [3.05, 3.63) is 18.0 Å². The fourth-order valence-corrected chi connectivity index (χ4v) is 2.33. The van der Waals surface area contributed by atoms with Crippen molar-refractivity contribution in [2.75, 3.05) is 18.0 Å². The van der Waals surface area contributed by atoms with Gasteiger partial charge in [0.05, 0.1) is 18.0 Å². The van der Waals surface area contributed by atoms with Crippen LogP contribution in [0.1, 0.15) is 12.0 Å². The van der Waals surface area contributed by atoms with Gasteiger partial charge < -0.3 is 10.2 Å². The predicted octanol–water partition coefficient (Wildman–Crippen LogP) is -0.101. The molecule has 1 aromatic heterocycles. The quantitative estimate of drug-likeness (QED) is 0.687. The van der Waals surface area contributed by atoms with Crippen LogP contribution in [0.25, 0.3) is 0 Å². The van der Waals surface area contributed by atoms with Gasteiger partial charge in [-0.2, -0.15) is 5.26 Å². The second-order valence-corrected chi connectivity index (χ2v) is 4.03. The first-order valence-electron chi connectivity index (χ1n) is 5.09. The Labute approximate surface area is 87.8 Å². The Kier molecular flexibility index (Phi) is 1.82. The number of aromatic nitrogens is 2. The molecule has 76 valence electrons. The summed E-state index contributed by atoms with van der Waals surface area (Å²) in [5.74, 6) is 0.753. The molecule has 1 aromatic rings. The van der Waals surface area contributed by atoms with Gasteiger partial charge in [0, 0.05) is 25.2 Å². The largest absolute Gasteiger partial charge is 0.335 e. The van der Waals surface area contributed by atoms with Gasteiger partial charge in [0.2, 0.25) is 5.95 Å². The molecule has 0 saturated carbocycles. The van der Waals surface area contributed by atoms with Crippen molar-refractivity contribution < 1.29 is 0 Å². The highest BCUT2D eigenvalue weighted by Crippen LogP contribution is 2.26. The SMILES string of the molecule is N#Cc1cnc(N2C[C@H]3C[C@@H]2CN3)nc1. The zero-order valence-electron chi connectivity index (χ0n) is 8.22. The average Bonchev–Trinajstić information content (AvgIpc) is 2.91. The average molecular weight is 201 g/mol. The first-order valence-corrected chi connectivity index (χ1v) is 5.09. The van der Waals surface area contributed by atoms with E-state index >= 15 is 0 Å². The van der Waals surface area contributed by atoms with Crippen LogP contribution in [0.5, 0.6) is 0 Å². The van der Waals surface area contributed by atoms with Gasteiger partial charge in [0.15, 0.2) is 0 Å². The first-order chi connectivity index (χ1) is 7.36. The minimum Gasteiger partial charge on any atom is -0.335 e. The molecular weight excluding hydrogens is 190 g/mol. The highest BCUT2D eigenvalue weighted by Gasteiger charge is 2.38. The standard InChI is InChI=1S/C10H11N5/c11-2-7-3-13-10(14-4-7)15-6-8-1-9(15)5-12-8/h3-4,8-9,12H,1,5-6H2/t8-,9-/m1/s1. The Balaban J connectivity index is 1.85. The summed E-state index contributed by atoms with van der Waals surface area (Å²) >= 11 is 0. The lowest BCUT2D eigenvalue weighted by atomic mass is 10.2.